The van der Waals surface area contributed by atoms with Gasteiger partial charge in [0.15, 0.2) is 11.0 Å². The molecule has 0 unspecified atom stereocenters. The van der Waals surface area contributed by atoms with Crippen LogP contribution in [0.5, 0.6) is 11.9 Å². The summed E-state index contributed by atoms with van der Waals surface area (Å²) in [6.07, 6.45) is 1.36. The molecular formula is C20H23ClF2N6O3. The van der Waals surface area contributed by atoms with Gasteiger partial charge in [-0.3, -0.25) is 9.69 Å². The molecule has 32 heavy (non-hydrogen) atoms. The van der Waals surface area contributed by atoms with Crippen LogP contribution in [0.4, 0.5) is 14.6 Å². The van der Waals surface area contributed by atoms with Crippen molar-refractivity contribution >= 4 is 34.2 Å². The summed E-state index contributed by atoms with van der Waals surface area (Å²) in [4.78, 5) is 28.0. The van der Waals surface area contributed by atoms with Crippen LogP contribution >= 0.6 is 11.6 Å². The Morgan fingerprint density at radius 3 is 3.00 bits per heavy atom. The van der Waals surface area contributed by atoms with E-state index in [1.54, 1.807) is 4.90 Å². The van der Waals surface area contributed by atoms with Crippen molar-refractivity contribution in [1.82, 2.24) is 19.9 Å². The number of nitrogens with two attached hydrogens (primary N) is 1. The van der Waals surface area contributed by atoms with E-state index in [4.69, 9.17) is 26.8 Å². The van der Waals surface area contributed by atoms with E-state index in [0.717, 1.165) is 19.4 Å². The van der Waals surface area contributed by atoms with Gasteiger partial charge in [-0.15, -0.1) is 0 Å². The number of primary amides is 1. The van der Waals surface area contributed by atoms with Crippen LogP contribution in [0, 0.1) is 5.82 Å². The molecule has 9 nitrogen and oxygen atoms in total. The van der Waals surface area contributed by atoms with Crippen molar-refractivity contribution in [3.8, 4) is 11.9 Å². The maximum Gasteiger partial charge on any atom is 0.319 e. The molecule has 0 aromatic carbocycles. The molecule has 3 aliphatic heterocycles. The van der Waals surface area contributed by atoms with E-state index < -0.39 is 23.4 Å². The van der Waals surface area contributed by atoms with Gasteiger partial charge < -0.3 is 20.1 Å². The summed E-state index contributed by atoms with van der Waals surface area (Å²) >= 11 is 5.97. The lowest BCUT2D eigenvalue weighted by Gasteiger charge is -2.31. The van der Waals surface area contributed by atoms with E-state index in [1.807, 2.05) is 0 Å². The van der Waals surface area contributed by atoms with Gasteiger partial charge in [-0.05, 0) is 19.4 Å². The highest BCUT2D eigenvalue weighted by Crippen LogP contribution is 2.41. The average Bonchev–Trinajstić information content (AvgIpc) is 3.21. The van der Waals surface area contributed by atoms with Crippen LogP contribution in [0.3, 0.4) is 0 Å². The van der Waals surface area contributed by atoms with Gasteiger partial charge in [0.05, 0.1) is 12.1 Å². The van der Waals surface area contributed by atoms with Gasteiger partial charge in [-0.25, -0.2) is 8.78 Å². The van der Waals surface area contributed by atoms with Crippen molar-refractivity contribution in [2.75, 3.05) is 44.3 Å². The number of carbonyl (C=O) groups is 1. The molecule has 1 amide bonds. The third-order valence-electron chi connectivity index (χ3n) is 6.43. The van der Waals surface area contributed by atoms with Crippen LogP contribution in [-0.4, -0.2) is 76.9 Å². The second-order valence-corrected chi connectivity index (χ2v) is 8.85. The number of amides is 1. The Bertz CT molecular complexity index is 1080. The number of hydrogen-bond acceptors (Lipinski definition) is 8. The minimum absolute atomic E-state index is 0.0471. The number of pyridine rings is 1. The number of hydrogen-bond donors (Lipinski definition) is 1. The van der Waals surface area contributed by atoms with Crippen molar-refractivity contribution in [1.29, 1.82) is 0 Å². The first-order valence-electron chi connectivity index (χ1n) is 10.6. The van der Waals surface area contributed by atoms with Crippen molar-refractivity contribution in [3.05, 3.63) is 11.0 Å². The van der Waals surface area contributed by atoms with Crippen molar-refractivity contribution in [2.45, 2.75) is 37.4 Å². The number of nitrogens with zero attached hydrogens (tertiary/aromatic N) is 5. The third-order valence-corrected chi connectivity index (χ3v) is 6.68. The monoisotopic (exact) mass is 468 g/mol. The van der Waals surface area contributed by atoms with E-state index in [1.165, 1.54) is 0 Å². The van der Waals surface area contributed by atoms with E-state index in [0.29, 0.717) is 25.3 Å². The van der Waals surface area contributed by atoms with Crippen molar-refractivity contribution in [3.63, 3.8) is 0 Å². The first-order valence-corrected chi connectivity index (χ1v) is 11.0. The van der Waals surface area contributed by atoms with Crippen LogP contribution < -0.4 is 20.1 Å². The molecule has 2 aromatic rings. The average molecular weight is 469 g/mol. The SMILES string of the molecule is NC(=O)CCN1CCOc2nc(Cl)c(F)c3nc(OC[C@@]45CCCN4C[C@H](F)C5)nc1c23. The number of fused-ring (bicyclic) bond motifs is 1. The molecule has 5 heterocycles. The molecule has 5 rings (SSSR count). The van der Waals surface area contributed by atoms with Gasteiger partial charge in [0.1, 0.15) is 36.1 Å². The molecule has 3 aliphatic rings. The van der Waals surface area contributed by atoms with Gasteiger partial charge in [-0.1, -0.05) is 11.6 Å². The van der Waals surface area contributed by atoms with Crippen molar-refractivity contribution in [2.24, 2.45) is 5.73 Å². The van der Waals surface area contributed by atoms with Crippen LogP contribution in [0.2, 0.25) is 5.15 Å². The molecule has 12 heteroatoms. The van der Waals surface area contributed by atoms with Gasteiger partial charge >= 0.3 is 6.01 Å². The quantitative estimate of drug-likeness (QED) is 0.640. The van der Waals surface area contributed by atoms with E-state index in [2.05, 4.69) is 19.9 Å². The minimum atomic E-state index is -0.896. The summed E-state index contributed by atoms with van der Waals surface area (Å²) < 4.78 is 40.6. The number of anilines is 1. The number of halogens is 3. The number of aromatic nitrogens is 3. The molecule has 2 atom stereocenters. The third kappa shape index (κ3) is 3.66. The molecule has 0 saturated carbocycles. The Hall–Kier alpha value is -2.53. The predicted molar refractivity (Wildman–Crippen MR) is 112 cm³/mol. The molecule has 0 radical (unpaired) electrons. The van der Waals surface area contributed by atoms with Crippen LogP contribution in [0.25, 0.3) is 10.9 Å². The van der Waals surface area contributed by atoms with E-state index >= 15 is 0 Å². The molecule has 2 N–H and O–H groups in total. The number of ether oxygens (including phenoxy) is 2. The minimum Gasteiger partial charge on any atom is -0.475 e. The topological polar surface area (TPSA) is 107 Å². The van der Waals surface area contributed by atoms with Gasteiger partial charge in [0, 0.05) is 25.9 Å². The maximum atomic E-state index is 14.9. The van der Waals surface area contributed by atoms with Gasteiger partial charge in [0.2, 0.25) is 11.8 Å². The Balaban J connectivity index is 1.53. The fourth-order valence-electron chi connectivity index (χ4n) is 4.94. The fraction of sp³-hybridized carbons (Fsp3) is 0.600. The van der Waals surface area contributed by atoms with Gasteiger partial charge in [-0.2, -0.15) is 15.0 Å². The Morgan fingerprint density at radius 2 is 2.19 bits per heavy atom. The summed E-state index contributed by atoms with van der Waals surface area (Å²) in [6, 6.07) is -0.0471. The largest absolute Gasteiger partial charge is 0.475 e. The summed E-state index contributed by atoms with van der Waals surface area (Å²) in [5.74, 6) is -0.840. The molecule has 2 fully saturated rings. The summed E-state index contributed by atoms with van der Waals surface area (Å²) in [7, 11) is 0. The Kier molecular flexibility index (Phi) is 5.40. The summed E-state index contributed by atoms with van der Waals surface area (Å²) in [5.41, 5.74) is 4.83. The molecular weight excluding hydrogens is 446 g/mol. The number of alkyl halides is 1. The molecule has 172 valence electrons. The second-order valence-electron chi connectivity index (χ2n) is 8.49. The molecule has 0 spiro atoms. The Morgan fingerprint density at radius 1 is 1.34 bits per heavy atom. The van der Waals surface area contributed by atoms with Gasteiger partial charge in [0.25, 0.3) is 0 Å². The number of rotatable bonds is 6. The highest BCUT2D eigenvalue weighted by atomic mass is 35.5. The maximum absolute atomic E-state index is 14.9. The normalized spacial score (nSPS) is 25.0. The van der Waals surface area contributed by atoms with E-state index in [9.17, 15) is 13.6 Å². The number of carbonyl (C=O) groups excluding carboxylic acids is 1. The van der Waals surface area contributed by atoms with E-state index in [-0.39, 0.29) is 54.1 Å². The molecule has 0 aliphatic carbocycles. The van der Waals surface area contributed by atoms with Crippen LogP contribution in [0.1, 0.15) is 25.7 Å². The van der Waals surface area contributed by atoms with Crippen molar-refractivity contribution < 1.29 is 23.0 Å². The summed E-state index contributed by atoms with van der Waals surface area (Å²) in [5, 5.41) is -0.114. The Labute approximate surface area is 187 Å². The smallest absolute Gasteiger partial charge is 0.319 e. The lowest BCUT2D eigenvalue weighted by Crippen LogP contribution is -2.43. The first kappa shape index (κ1) is 21.3. The first-order chi connectivity index (χ1) is 15.4. The molecule has 2 saturated heterocycles. The second kappa shape index (κ2) is 8.11. The van der Waals surface area contributed by atoms with Crippen LogP contribution in [0.15, 0.2) is 0 Å². The predicted octanol–water partition coefficient (Wildman–Crippen LogP) is 1.85. The zero-order valence-corrected chi connectivity index (χ0v) is 18.1. The zero-order valence-electron chi connectivity index (χ0n) is 17.3. The standard InChI is InChI=1S/C20H23ClF2N6O3/c21-16-14(23)15-13-17(28(5-2-12(24)30)6-7-31-18(13)26-16)27-19(25-15)32-10-20-3-1-4-29(20)9-11(22)8-20/h11H,1-10H2,(H2,24,30)/t11-,20+/m1/s1. The molecule has 2 aromatic heterocycles. The summed E-state index contributed by atoms with van der Waals surface area (Å²) in [6.45, 7) is 2.27. The molecule has 0 bridgehead atoms. The lowest BCUT2D eigenvalue weighted by atomic mass is 9.95. The highest BCUT2D eigenvalue weighted by Gasteiger charge is 2.49. The van der Waals surface area contributed by atoms with Crippen LogP contribution in [-0.2, 0) is 4.79 Å². The highest BCUT2D eigenvalue weighted by molar-refractivity contribution is 6.30. The zero-order chi connectivity index (χ0) is 22.5. The fourth-order valence-corrected chi connectivity index (χ4v) is 5.11. The lowest BCUT2D eigenvalue weighted by molar-refractivity contribution is -0.117.